The number of likely N-dealkylation sites (tertiary alicyclic amines) is 2. The quantitative estimate of drug-likeness (QED) is 0.681. The normalized spacial score (nSPS) is 21.5. The fraction of sp³-hybridized carbons (Fsp3) is 0.375. The first-order valence-electron chi connectivity index (χ1n) is 10.9. The van der Waals surface area contributed by atoms with Gasteiger partial charge in [-0.15, -0.1) is 0 Å². The Morgan fingerprint density at radius 2 is 1.84 bits per heavy atom. The highest BCUT2D eigenvalue weighted by molar-refractivity contribution is 6.04. The lowest BCUT2D eigenvalue weighted by atomic mass is 9.79. The Bertz CT molecular complexity index is 1240. The summed E-state index contributed by atoms with van der Waals surface area (Å²) in [5, 5.41) is 7.49. The van der Waals surface area contributed by atoms with E-state index in [1.807, 2.05) is 0 Å². The molecule has 0 bridgehead atoms. The molecule has 0 radical (unpaired) electrons. The van der Waals surface area contributed by atoms with Crippen molar-refractivity contribution >= 4 is 16.7 Å². The summed E-state index contributed by atoms with van der Waals surface area (Å²) in [6.07, 6.45) is 2.78. The van der Waals surface area contributed by atoms with E-state index in [1.54, 1.807) is 35.2 Å². The first-order valence-corrected chi connectivity index (χ1v) is 10.9. The standard InChI is InChI=1S/C24H24F2N4O2/c25-19-8-3-5-16(20(19)26)13-29-11-4-9-24(14-29)10-12-30(15-24)23(32)21-17-6-1-2-7-18(17)22(31)28-27-21/h1-3,5-8H,4,9-15H2,(H,28,31)/t24-/m0/s1. The maximum atomic E-state index is 14.2. The van der Waals surface area contributed by atoms with Gasteiger partial charge in [-0.25, -0.2) is 13.9 Å². The number of aromatic nitrogens is 2. The average molecular weight is 438 g/mol. The van der Waals surface area contributed by atoms with Gasteiger partial charge in [0.2, 0.25) is 0 Å². The van der Waals surface area contributed by atoms with Crippen LogP contribution in [-0.2, 0) is 6.54 Å². The number of piperidine rings is 1. The minimum atomic E-state index is -0.826. The maximum Gasteiger partial charge on any atom is 0.274 e. The highest BCUT2D eigenvalue weighted by Gasteiger charge is 2.43. The van der Waals surface area contributed by atoms with Crippen molar-refractivity contribution in [2.24, 2.45) is 5.41 Å². The summed E-state index contributed by atoms with van der Waals surface area (Å²) in [6, 6.07) is 11.3. The number of halogens is 2. The Kier molecular flexibility index (Phi) is 5.25. The Morgan fingerprint density at radius 1 is 1.03 bits per heavy atom. The van der Waals surface area contributed by atoms with Crippen molar-refractivity contribution in [1.82, 2.24) is 20.0 Å². The highest BCUT2D eigenvalue weighted by atomic mass is 19.2. The lowest BCUT2D eigenvalue weighted by Crippen LogP contribution is -2.45. The van der Waals surface area contributed by atoms with Crippen molar-refractivity contribution < 1.29 is 13.6 Å². The summed E-state index contributed by atoms with van der Waals surface area (Å²) >= 11 is 0. The Labute approximate surface area is 183 Å². The molecule has 32 heavy (non-hydrogen) atoms. The van der Waals surface area contributed by atoms with Crippen LogP contribution in [0.25, 0.3) is 10.8 Å². The van der Waals surface area contributed by atoms with Gasteiger partial charge < -0.3 is 4.90 Å². The second-order valence-corrected chi connectivity index (χ2v) is 8.95. The summed E-state index contributed by atoms with van der Waals surface area (Å²) in [5.74, 6) is -1.80. The minimum Gasteiger partial charge on any atom is -0.337 e. The Balaban J connectivity index is 1.33. The third-order valence-corrected chi connectivity index (χ3v) is 6.79. The molecule has 5 rings (SSSR count). The topological polar surface area (TPSA) is 69.3 Å². The number of hydrogen-bond donors (Lipinski definition) is 1. The van der Waals surface area contributed by atoms with Crippen LogP contribution in [0.3, 0.4) is 0 Å². The molecule has 8 heteroatoms. The predicted molar refractivity (Wildman–Crippen MR) is 116 cm³/mol. The molecule has 6 nitrogen and oxygen atoms in total. The summed E-state index contributed by atoms with van der Waals surface area (Å²) in [7, 11) is 0. The van der Waals surface area contributed by atoms with E-state index in [2.05, 4.69) is 15.1 Å². The summed E-state index contributed by atoms with van der Waals surface area (Å²) in [5.41, 5.74) is 0.224. The van der Waals surface area contributed by atoms with E-state index in [0.717, 1.165) is 38.4 Å². The zero-order valence-electron chi connectivity index (χ0n) is 17.6. The monoisotopic (exact) mass is 438 g/mol. The van der Waals surface area contributed by atoms with Crippen molar-refractivity contribution in [2.75, 3.05) is 26.2 Å². The van der Waals surface area contributed by atoms with Crippen LogP contribution in [-0.4, -0.2) is 52.1 Å². The molecule has 0 aliphatic carbocycles. The number of H-pyrrole nitrogens is 1. The predicted octanol–water partition coefficient (Wildman–Crippen LogP) is 3.33. The third kappa shape index (κ3) is 3.68. The summed E-state index contributed by atoms with van der Waals surface area (Å²) in [6.45, 7) is 3.09. The second-order valence-electron chi connectivity index (χ2n) is 8.95. The van der Waals surface area contributed by atoms with E-state index in [1.165, 1.54) is 6.07 Å². The van der Waals surface area contributed by atoms with Gasteiger partial charge in [0.1, 0.15) is 0 Å². The lowest BCUT2D eigenvalue weighted by Gasteiger charge is -2.40. The van der Waals surface area contributed by atoms with Gasteiger partial charge in [0.05, 0.1) is 5.39 Å². The summed E-state index contributed by atoms with van der Waals surface area (Å²) < 4.78 is 27.7. The fourth-order valence-corrected chi connectivity index (χ4v) is 5.23. The first-order chi connectivity index (χ1) is 15.5. The SMILES string of the molecule is O=C(c1n[nH]c(=O)c2ccccc12)N1CC[C@]2(CCCN(Cc3cccc(F)c3F)C2)C1. The van der Waals surface area contributed by atoms with E-state index in [0.29, 0.717) is 36.0 Å². The van der Waals surface area contributed by atoms with Gasteiger partial charge >= 0.3 is 0 Å². The summed E-state index contributed by atoms with van der Waals surface area (Å²) in [4.78, 5) is 29.3. The fourth-order valence-electron chi connectivity index (χ4n) is 5.23. The van der Waals surface area contributed by atoms with E-state index in [-0.39, 0.29) is 22.6 Å². The van der Waals surface area contributed by atoms with Gasteiger partial charge in [-0.05, 0) is 37.9 Å². The van der Waals surface area contributed by atoms with Crippen molar-refractivity contribution in [1.29, 1.82) is 0 Å². The van der Waals surface area contributed by atoms with E-state index in [9.17, 15) is 18.4 Å². The van der Waals surface area contributed by atoms with Crippen LogP contribution in [0.5, 0.6) is 0 Å². The molecule has 0 unspecified atom stereocenters. The van der Waals surface area contributed by atoms with Crippen LogP contribution in [0, 0.1) is 17.0 Å². The van der Waals surface area contributed by atoms with E-state index in [4.69, 9.17) is 0 Å². The van der Waals surface area contributed by atoms with Gasteiger partial charge in [-0.2, -0.15) is 5.10 Å². The molecule has 3 aromatic rings. The molecule has 2 saturated heterocycles. The van der Waals surface area contributed by atoms with Gasteiger partial charge in [-0.1, -0.05) is 30.3 Å². The zero-order valence-corrected chi connectivity index (χ0v) is 17.6. The molecule has 2 aromatic carbocycles. The number of fused-ring (bicyclic) bond motifs is 1. The largest absolute Gasteiger partial charge is 0.337 e. The molecule has 1 aromatic heterocycles. The van der Waals surface area contributed by atoms with Crippen LogP contribution in [0.15, 0.2) is 47.3 Å². The number of nitrogens with zero attached hydrogens (tertiary/aromatic N) is 3. The van der Waals surface area contributed by atoms with Crippen molar-refractivity contribution in [3.8, 4) is 0 Å². The van der Waals surface area contributed by atoms with Gasteiger partial charge in [-0.3, -0.25) is 14.5 Å². The van der Waals surface area contributed by atoms with Crippen LogP contribution in [0.1, 0.15) is 35.3 Å². The molecule has 3 heterocycles. The smallest absolute Gasteiger partial charge is 0.274 e. The van der Waals surface area contributed by atoms with Crippen LogP contribution < -0.4 is 5.56 Å². The molecular weight excluding hydrogens is 414 g/mol. The highest BCUT2D eigenvalue weighted by Crippen LogP contribution is 2.40. The van der Waals surface area contributed by atoms with Gasteiger partial charge in [0.25, 0.3) is 11.5 Å². The van der Waals surface area contributed by atoms with Crippen molar-refractivity contribution in [3.63, 3.8) is 0 Å². The lowest BCUT2D eigenvalue weighted by molar-refractivity contribution is 0.0669. The molecule has 1 atom stereocenters. The number of aromatic amines is 1. The first kappa shape index (κ1) is 20.8. The molecule has 1 N–H and O–H groups in total. The number of amides is 1. The number of carbonyl (C=O) groups is 1. The molecule has 166 valence electrons. The molecule has 2 aliphatic rings. The third-order valence-electron chi connectivity index (χ3n) is 6.79. The molecular formula is C24H24F2N4O2. The molecule has 0 saturated carbocycles. The molecule has 1 amide bonds. The van der Waals surface area contributed by atoms with Gasteiger partial charge in [0.15, 0.2) is 17.3 Å². The molecule has 1 spiro atoms. The number of benzene rings is 2. The van der Waals surface area contributed by atoms with Crippen LogP contribution >= 0.6 is 0 Å². The number of rotatable bonds is 3. The van der Waals surface area contributed by atoms with E-state index >= 15 is 0 Å². The van der Waals surface area contributed by atoms with Gasteiger partial charge in [0, 0.05) is 42.5 Å². The van der Waals surface area contributed by atoms with Crippen LogP contribution in [0.4, 0.5) is 8.78 Å². The van der Waals surface area contributed by atoms with Crippen molar-refractivity contribution in [3.05, 3.63) is 75.7 Å². The number of nitrogens with one attached hydrogen (secondary N) is 1. The molecule has 2 fully saturated rings. The number of hydrogen-bond acceptors (Lipinski definition) is 4. The number of carbonyl (C=O) groups excluding carboxylic acids is 1. The minimum absolute atomic E-state index is 0.0737. The van der Waals surface area contributed by atoms with E-state index < -0.39 is 11.6 Å². The van der Waals surface area contributed by atoms with Crippen LogP contribution in [0.2, 0.25) is 0 Å². The molecule has 2 aliphatic heterocycles. The maximum absolute atomic E-state index is 14.2. The Hall–Kier alpha value is -3.13. The second kappa shape index (κ2) is 8.09. The van der Waals surface area contributed by atoms with Crippen molar-refractivity contribution in [2.45, 2.75) is 25.8 Å². The Morgan fingerprint density at radius 3 is 2.69 bits per heavy atom. The average Bonchev–Trinajstić information content (AvgIpc) is 3.20. The zero-order chi connectivity index (χ0) is 22.3.